The number of hydrogen-bond donors (Lipinski definition) is 1. The fourth-order valence-corrected chi connectivity index (χ4v) is 4.05. The van der Waals surface area contributed by atoms with Gasteiger partial charge in [-0.05, 0) is 38.1 Å². The molecule has 1 N–H and O–H groups in total. The van der Waals surface area contributed by atoms with E-state index in [9.17, 15) is 18.0 Å². The lowest BCUT2D eigenvalue weighted by Crippen LogP contribution is -2.26. The van der Waals surface area contributed by atoms with Gasteiger partial charge in [0.25, 0.3) is 5.91 Å². The Bertz CT molecular complexity index is 1150. The number of aromatic nitrogens is 2. The zero-order chi connectivity index (χ0) is 22.3. The standard InChI is InChI=1S/C21H20F3N4O2P/c1-11-17(12(2)30-27-11)20(29)26-18-14(15-9-13(22)3-4-16(15)23)5-7-25-19(18)28-8-6-21(24,31)10-28/h3-5,7,9H,6,8,10,31H2,1-2H3,(H,26,29). The van der Waals surface area contributed by atoms with E-state index in [0.717, 1.165) is 18.2 Å². The highest BCUT2D eigenvalue weighted by Gasteiger charge is 2.36. The van der Waals surface area contributed by atoms with E-state index in [2.05, 4.69) is 24.7 Å². The number of nitrogens with zero attached hydrogens (tertiary/aromatic N) is 3. The summed E-state index contributed by atoms with van der Waals surface area (Å²) >= 11 is 0. The Morgan fingerprint density at radius 3 is 2.68 bits per heavy atom. The van der Waals surface area contributed by atoms with Gasteiger partial charge in [0.2, 0.25) is 0 Å². The summed E-state index contributed by atoms with van der Waals surface area (Å²) in [5.74, 6) is -1.26. The van der Waals surface area contributed by atoms with E-state index in [1.54, 1.807) is 18.7 Å². The normalized spacial score (nSPS) is 18.5. The number of nitrogens with one attached hydrogen (secondary N) is 1. The van der Waals surface area contributed by atoms with Gasteiger partial charge in [-0.15, -0.1) is 0 Å². The lowest BCUT2D eigenvalue weighted by molar-refractivity contribution is 0.102. The number of alkyl halides is 1. The van der Waals surface area contributed by atoms with Crippen molar-refractivity contribution < 1.29 is 22.5 Å². The summed E-state index contributed by atoms with van der Waals surface area (Å²) in [6.07, 6.45) is 1.66. The van der Waals surface area contributed by atoms with Crippen LogP contribution in [0.5, 0.6) is 0 Å². The van der Waals surface area contributed by atoms with Gasteiger partial charge in [0.1, 0.15) is 28.4 Å². The highest BCUT2D eigenvalue weighted by atomic mass is 31.0. The first-order chi connectivity index (χ1) is 14.7. The highest BCUT2D eigenvalue weighted by Crippen LogP contribution is 2.41. The third kappa shape index (κ3) is 4.14. The molecule has 6 nitrogen and oxygen atoms in total. The quantitative estimate of drug-likeness (QED) is 0.589. The molecule has 4 rings (SSSR count). The third-order valence-electron chi connectivity index (χ3n) is 5.20. The van der Waals surface area contributed by atoms with Gasteiger partial charge < -0.3 is 14.7 Å². The molecule has 1 saturated heterocycles. The number of rotatable bonds is 4. The molecule has 162 valence electrons. The van der Waals surface area contributed by atoms with Gasteiger partial charge in [0.15, 0.2) is 5.82 Å². The zero-order valence-corrected chi connectivity index (χ0v) is 18.0. The maximum Gasteiger partial charge on any atom is 0.261 e. The van der Waals surface area contributed by atoms with E-state index in [0.29, 0.717) is 18.0 Å². The average Bonchev–Trinajstić information content (AvgIpc) is 3.24. The van der Waals surface area contributed by atoms with Crippen molar-refractivity contribution in [2.45, 2.75) is 25.7 Å². The lowest BCUT2D eigenvalue weighted by Gasteiger charge is -2.23. The molecule has 0 saturated carbocycles. The number of amides is 1. The molecule has 1 amide bonds. The fraction of sp³-hybridized carbons (Fsp3) is 0.286. The van der Waals surface area contributed by atoms with Crippen molar-refractivity contribution in [3.05, 3.63) is 59.1 Å². The van der Waals surface area contributed by atoms with Crippen LogP contribution in [0.2, 0.25) is 0 Å². The number of halogens is 3. The molecule has 1 aromatic carbocycles. The van der Waals surface area contributed by atoms with Crippen LogP contribution in [0, 0.1) is 25.5 Å². The van der Waals surface area contributed by atoms with Gasteiger partial charge in [-0.2, -0.15) is 0 Å². The molecule has 0 radical (unpaired) electrons. The van der Waals surface area contributed by atoms with Crippen molar-refractivity contribution in [2.75, 3.05) is 23.3 Å². The molecule has 0 bridgehead atoms. The minimum atomic E-state index is -1.51. The monoisotopic (exact) mass is 448 g/mol. The number of anilines is 2. The van der Waals surface area contributed by atoms with Gasteiger partial charge in [-0.25, -0.2) is 18.2 Å². The molecule has 0 aliphatic carbocycles. The Kier molecular flexibility index (Phi) is 5.47. The number of carbonyl (C=O) groups excluding carboxylic acids is 1. The molecule has 2 aromatic heterocycles. The molecule has 31 heavy (non-hydrogen) atoms. The van der Waals surface area contributed by atoms with Gasteiger partial charge >= 0.3 is 0 Å². The van der Waals surface area contributed by atoms with E-state index >= 15 is 0 Å². The second-order valence-corrected chi connectivity index (χ2v) is 8.58. The smallest absolute Gasteiger partial charge is 0.261 e. The predicted molar refractivity (Wildman–Crippen MR) is 114 cm³/mol. The average molecular weight is 448 g/mol. The second-order valence-electron chi connectivity index (χ2n) is 7.54. The number of benzene rings is 1. The van der Waals surface area contributed by atoms with E-state index in [1.165, 1.54) is 12.3 Å². The SMILES string of the molecule is Cc1noc(C)c1C(=O)Nc1c(-c2cc(F)ccc2F)ccnc1N1CCC(F)(P)C1. The van der Waals surface area contributed by atoms with Crippen molar-refractivity contribution in [3.63, 3.8) is 0 Å². The van der Waals surface area contributed by atoms with Crippen molar-refractivity contribution >= 4 is 26.7 Å². The highest BCUT2D eigenvalue weighted by molar-refractivity contribution is 7.18. The fourth-order valence-electron chi connectivity index (χ4n) is 3.70. The Labute approximate surface area is 179 Å². The first-order valence-corrected chi connectivity index (χ1v) is 10.2. The topological polar surface area (TPSA) is 71.3 Å². The van der Waals surface area contributed by atoms with Crippen LogP contribution >= 0.6 is 9.24 Å². The summed E-state index contributed by atoms with van der Waals surface area (Å²) in [5.41, 5.74) is 0.942. The number of pyridine rings is 1. The summed E-state index contributed by atoms with van der Waals surface area (Å²) in [7, 11) is 2.18. The van der Waals surface area contributed by atoms with Gasteiger partial charge in [-0.3, -0.25) is 4.79 Å². The molecule has 2 atom stereocenters. The van der Waals surface area contributed by atoms with Crippen LogP contribution in [0.1, 0.15) is 28.2 Å². The largest absolute Gasteiger partial charge is 0.361 e. The van der Waals surface area contributed by atoms with E-state index in [4.69, 9.17) is 4.52 Å². The maximum absolute atomic E-state index is 14.6. The first-order valence-electron chi connectivity index (χ1n) is 9.58. The van der Waals surface area contributed by atoms with Crippen molar-refractivity contribution in [1.29, 1.82) is 0 Å². The van der Waals surface area contributed by atoms with E-state index in [1.807, 2.05) is 0 Å². The molecular formula is C21H20F3N4O2P. The third-order valence-corrected chi connectivity index (χ3v) is 5.67. The summed E-state index contributed by atoms with van der Waals surface area (Å²) in [5, 5.41) is 5.02. The van der Waals surface area contributed by atoms with Crippen LogP contribution in [0.15, 0.2) is 35.0 Å². The molecule has 3 aromatic rings. The number of hydrogen-bond acceptors (Lipinski definition) is 5. The van der Waals surface area contributed by atoms with Crippen LogP contribution in [-0.2, 0) is 0 Å². The van der Waals surface area contributed by atoms with Crippen LogP contribution in [0.3, 0.4) is 0 Å². The van der Waals surface area contributed by atoms with Gasteiger partial charge in [0.05, 0.1) is 17.9 Å². The van der Waals surface area contributed by atoms with Crippen LogP contribution in [0.4, 0.5) is 24.7 Å². The summed E-state index contributed by atoms with van der Waals surface area (Å²) in [6, 6.07) is 4.54. The van der Waals surface area contributed by atoms with Crippen LogP contribution in [-0.4, -0.2) is 34.5 Å². The van der Waals surface area contributed by atoms with Crippen molar-refractivity contribution in [3.8, 4) is 11.1 Å². The van der Waals surface area contributed by atoms with E-state index in [-0.39, 0.29) is 41.2 Å². The number of aryl methyl sites for hydroxylation is 2. The Morgan fingerprint density at radius 1 is 1.26 bits per heavy atom. The molecule has 10 heteroatoms. The molecular weight excluding hydrogens is 428 g/mol. The van der Waals surface area contributed by atoms with Crippen molar-refractivity contribution in [2.24, 2.45) is 0 Å². The lowest BCUT2D eigenvalue weighted by atomic mass is 10.0. The molecule has 0 spiro atoms. The minimum Gasteiger partial charge on any atom is -0.361 e. The Morgan fingerprint density at radius 2 is 2.03 bits per heavy atom. The summed E-state index contributed by atoms with van der Waals surface area (Å²) in [4.78, 5) is 19.0. The molecule has 1 aliphatic heterocycles. The van der Waals surface area contributed by atoms with Gasteiger partial charge in [-0.1, -0.05) is 14.4 Å². The van der Waals surface area contributed by atoms with E-state index < -0.39 is 23.0 Å². The molecule has 2 unspecified atom stereocenters. The minimum absolute atomic E-state index is 0.0218. The van der Waals surface area contributed by atoms with Crippen molar-refractivity contribution in [1.82, 2.24) is 10.1 Å². The first kappa shape index (κ1) is 21.3. The summed E-state index contributed by atoms with van der Waals surface area (Å²) in [6.45, 7) is 3.58. The zero-order valence-electron chi connectivity index (χ0n) is 16.9. The molecule has 3 heterocycles. The summed E-state index contributed by atoms with van der Waals surface area (Å²) < 4.78 is 48.1. The van der Waals surface area contributed by atoms with Gasteiger partial charge in [0, 0.05) is 30.3 Å². The molecule has 1 fully saturated rings. The predicted octanol–water partition coefficient (Wildman–Crippen LogP) is 4.63. The van der Waals surface area contributed by atoms with Crippen LogP contribution < -0.4 is 10.2 Å². The number of carbonyl (C=O) groups is 1. The molecule has 1 aliphatic rings. The Hall–Kier alpha value is -2.93. The Balaban J connectivity index is 1.85. The maximum atomic E-state index is 14.6. The second kappa shape index (κ2) is 7.96. The van der Waals surface area contributed by atoms with Crippen LogP contribution in [0.25, 0.3) is 11.1 Å².